The van der Waals surface area contributed by atoms with E-state index in [1.54, 1.807) is 12.1 Å². The Morgan fingerprint density at radius 3 is 2.61 bits per heavy atom. The van der Waals surface area contributed by atoms with E-state index in [-0.39, 0.29) is 23.7 Å². The second kappa shape index (κ2) is 5.93. The maximum absolute atomic E-state index is 13.3. The van der Waals surface area contributed by atoms with Crippen molar-refractivity contribution in [2.24, 2.45) is 5.73 Å². The molecule has 18 heavy (non-hydrogen) atoms. The number of nitrogens with zero attached hydrogens (tertiary/aromatic N) is 1. The predicted octanol–water partition coefficient (Wildman–Crippen LogP) is 1.43. The fourth-order valence-corrected chi connectivity index (χ4v) is 1.34. The van der Waals surface area contributed by atoms with Crippen LogP contribution in [0.15, 0.2) is 24.3 Å². The lowest BCUT2D eigenvalue weighted by Crippen LogP contribution is -2.49. The number of para-hydroxylation sites is 1. The Kier molecular flexibility index (Phi) is 4.81. The number of nitrogens with two attached hydrogens (primary N) is 1. The number of likely N-dealkylation sites (N-methyl/N-ethyl adjacent to an activating group) is 1. The summed E-state index contributed by atoms with van der Waals surface area (Å²) in [5, 5.41) is 2.54. The number of benzene rings is 1. The van der Waals surface area contributed by atoms with Crippen LogP contribution >= 0.6 is 0 Å². The Balaban J connectivity index is 2.60. The van der Waals surface area contributed by atoms with E-state index in [1.165, 1.54) is 12.1 Å². The van der Waals surface area contributed by atoms with Gasteiger partial charge < -0.3 is 11.1 Å². The van der Waals surface area contributed by atoms with Crippen LogP contribution in [0.5, 0.6) is 0 Å². The van der Waals surface area contributed by atoms with Crippen LogP contribution in [0.1, 0.15) is 13.8 Å². The molecular weight excluding hydrogens is 233 g/mol. The van der Waals surface area contributed by atoms with Gasteiger partial charge in [-0.1, -0.05) is 12.1 Å². The van der Waals surface area contributed by atoms with Gasteiger partial charge in [-0.3, -0.25) is 9.69 Å². The quantitative estimate of drug-likeness (QED) is 0.834. The number of anilines is 1. The summed E-state index contributed by atoms with van der Waals surface area (Å²) in [7, 11) is 1.81. The van der Waals surface area contributed by atoms with Crippen molar-refractivity contribution < 1.29 is 9.18 Å². The number of amides is 1. The first-order chi connectivity index (χ1) is 8.36. The molecule has 1 rings (SSSR count). The molecule has 0 bridgehead atoms. The summed E-state index contributed by atoms with van der Waals surface area (Å²) in [6.45, 7) is 4.50. The molecule has 0 atom stereocenters. The zero-order chi connectivity index (χ0) is 13.8. The molecule has 0 saturated heterocycles. The Morgan fingerprint density at radius 2 is 2.06 bits per heavy atom. The predicted molar refractivity (Wildman–Crippen MR) is 70.8 cm³/mol. The SMILES string of the molecule is CN(CC(=O)Nc1ccccc1F)C(C)(C)CN. The minimum Gasteiger partial charge on any atom is -0.329 e. The Labute approximate surface area is 107 Å². The van der Waals surface area contributed by atoms with Crippen LogP contribution in [0.4, 0.5) is 10.1 Å². The minimum absolute atomic E-state index is 0.165. The molecule has 0 unspecified atom stereocenters. The van der Waals surface area contributed by atoms with Gasteiger partial charge >= 0.3 is 0 Å². The lowest BCUT2D eigenvalue weighted by Gasteiger charge is -2.33. The van der Waals surface area contributed by atoms with E-state index >= 15 is 0 Å². The van der Waals surface area contributed by atoms with Gasteiger partial charge in [0.2, 0.25) is 5.91 Å². The van der Waals surface area contributed by atoms with Crippen molar-refractivity contribution in [3.63, 3.8) is 0 Å². The fourth-order valence-electron chi connectivity index (χ4n) is 1.34. The van der Waals surface area contributed by atoms with E-state index in [2.05, 4.69) is 5.32 Å². The zero-order valence-electron chi connectivity index (χ0n) is 11.0. The van der Waals surface area contributed by atoms with Crippen molar-refractivity contribution in [2.45, 2.75) is 19.4 Å². The van der Waals surface area contributed by atoms with Crippen LogP contribution in [-0.4, -0.2) is 36.5 Å². The Bertz CT molecular complexity index is 420. The average Bonchev–Trinajstić information content (AvgIpc) is 2.32. The Hall–Kier alpha value is -1.46. The van der Waals surface area contributed by atoms with E-state index in [9.17, 15) is 9.18 Å². The lowest BCUT2D eigenvalue weighted by molar-refractivity contribution is -0.118. The summed E-state index contributed by atoms with van der Waals surface area (Å²) in [5.74, 6) is -0.698. The third-order valence-electron chi connectivity index (χ3n) is 3.06. The highest BCUT2D eigenvalue weighted by Gasteiger charge is 2.23. The first-order valence-corrected chi connectivity index (χ1v) is 5.82. The number of halogens is 1. The molecule has 100 valence electrons. The van der Waals surface area contributed by atoms with E-state index < -0.39 is 5.82 Å². The van der Waals surface area contributed by atoms with Crippen molar-refractivity contribution in [3.8, 4) is 0 Å². The molecule has 5 heteroatoms. The van der Waals surface area contributed by atoms with Crippen molar-refractivity contribution in [1.82, 2.24) is 4.90 Å². The number of carbonyl (C=O) groups is 1. The minimum atomic E-state index is -0.438. The fraction of sp³-hybridized carbons (Fsp3) is 0.462. The van der Waals surface area contributed by atoms with Gasteiger partial charge in [0.25, 0.3) is 0 Å². The Morgan fingerprint density at radius 1 is 1.44 bits per heavy atom. The smallest absolute Gasteiger partial charge is 0.238 e. The van der Waals surface area contributed by atoms with E-state index in [0.29, 0.717) is 6.54 Å². The summed E-state index contributed by atoms with van der Waals surface area (Å²) in [4.78, 5) is 13.6. The number of carbonyl (C=O) groups excluding carboxylic acids is 1. The van der Waals surface area contributed by atoms with Gasteiger partial charge in [0, 0.05) is 12.1 Å². The van der Waals surface area contributed by atoms with Crippen LogP contribution < -0.4 is 11.1 Å². The number of hydrogen-bond donors (Lipinski definition) is 2. The molecule has 3 N–H and O–H groups in total. The zero-order valence-corrected chi connectivity index (χ0v) is 11.0. The maximum atomic E-state index is 13.3. The largest absolute Gasteiger partial charge is 0.329 e. The van der Waals surface area contributed by atoms with Crippen molar-refractivity contribution in [3.05, 3.63) is 30.1 Å². The van der Waals surface area contributed by atoms with Gasteiger partial charge in [0.15, 0.2) is 0 Å². The maximum Gasteiger partial charge on any atom is 0.238 e. The van der Waals surface area contributed by atoms with Gasteiger partial charge in [-0.25, -0.2) is 4.39 Å². The first-order valence-electron chi connectivity index (χ1n) is 5.82. The second-order valence-corrected chi connectivity index (χ2v) is 4.90. The highest BCUT2D eigenvalue weighted by Crippen LogP contribution is 2.13. The number of hydrogen-bond acceptors (Lipinski definition) is 3. The monoisotopic (exact) mass is 253 g/mol. The summed E-state index contributed by atoms with van der Waals surface area (Å²) in [6.07, 6.45) is 0. The molecule has 0 heterocycles. The standard InChI is InChI=1S/C13H20FN3O/c1-13(2,9-15)17(3)8-12(18)16-11-7-5-4-6-10(11)14/h4-7H,8-9,15H2,1-3H3,(H,16,18). The molecule has 0 fully saturated rings. The van der Waals surface area contributed by atoms with Crippen LogP contribution in [0.2, 0.25) is 0 Å². The van der Waals surface area contributed by atoms with Crippen molar-refractivity contribution in [2.75, 3.05) is 25.5 Å². The van der Waals surface area contributed by atoms with Gasteiger partial charge in [0.1, 0.15) is 5.82 Å². The third kappa shape index (κ3) is 3.78. The topological polar surface area (TPSA) is 58.4 Å². The molecule has 1 aromatic carbocycles. The molecule has 0 aliphatic carbocycles. The van der Waals surface area contributed by atoms with Gasteiger partial charge in [0.05, 0.1) is 12.2 Å². The second-order valence-electron chi connectivity index (χ2n) is 4.90. The first kappa shape index (κ1) is 14.6. The van der Waals surface area contributed by atoms with Crippen molar-refractivity contribution >= 4 is 11.6 Å². The summed E-state index contributed by atoms with van der Waals surface area (Å²) >= 11 is 0. The molecule has 0 aliphatic rings. The average molecular weight is 253 g/mol. The highest BCUT2D eigenvalue weighted by molar-refractivity contribution is 5.92. The van der Waals surface area contributed by atoms with Gasteiger partial charge in [-0.05, 0) is 33.0 Å². The highest BCUT2D eigenvalue weighted by atomic mass is 19.1. The summed E-state index contributed by atoms with van der Waals surface area (Å²) in [6, 6.07) is 6.09. The molecule has 0 saturated carbocycles. The van der Waals surface area contributed by atoms with Crippen LogP contribution in [0.25, 0.3) is 0 Å². The number of rotatable bonds is 5. The molecule has 0 aliphatic heterocycles. The molecule has 0 radical (unpaired) electrons. The van der Waals surface area contributed by atoms with Crippen LogP contribution in [-0.2, 0) is 4.79 Å². The van der Waals surface area contributed by atoms with E-state index in [0.717, 1.165) is 0 Å². The molecule has 0 spiro atoms. The van der Waals surface area contributed by atoms with Crippen molar-refractivity contribution in [1.29, 1.82) is 0 Å². The van der Waals surface area contributed by atoms with Crippen LogP contribution in [0.3, 0.4) is 0 Å². The molecule has 4 nitrogen and oxygen atoms in total. The molecule has 1 amide bonds. The van der Waals surface area contributed by atoms with Crippen LogP contribution in [0, 0.1) is 5.82 Å². The summed E-state index contributed by atoms with van der Waals surface area (Å²) in [5.41, 5.74) is 5.55. The van der Waals surface area contributed by atoms with E-state index in [4.69, 9.17) is 5.73 Å². The van der Waals surface area contributed by atoms with Gasteiger partial charge in [-0.15, -0.1) is 0 Å². The normalized spacial score (nSPS) is 11.7. The summed E-state index contributed by atoms with van der Waals surface area (Å²) < 4.78 is 13.3. The molecule has 1 aromatic rings. The van der Waals surface area contributed by atoms with E-state index in [1.807, 2.05) is 25.8 Å². The third-order valence-corrected chi connectivity index (χ3v) is 3.06. The molecule has 0 aromatic heterocycles. The number of nitrogens with one attached hydrogen (secondary N) is 1. The lowest BCUT2D eigenvalue weighted by atomic mass is 10.0. The molecular formula is C13H20FN3O. The van der Waals surface area contributed by atoms with Gasteiger partial charge in [-0.2, -0.15) is 0 Å².